The van der Waals surface area contributed by atoms with E-state index in [1.807, 2.05) is 42.2 Å². The third kappa shape index (κ3) is 3.18. The number of tetrazole rings is 1. The van der Waals surface area contributed by atoms with Crippen LogP contribution in [0.2, 0.25) is 0 Å². The molecule has 1 saturated heterocycles. The third-order valence-corrected chi connectivity index (χ3v) is 4.16. The predicted octanol–water partition coefficient (Wildman–Crippen LogP) is 1.39. The van der Waals surface area contributed by atoms with E-state index in [4.69, 9.17) is 0 Å². The Morgan fingerprint density at radius 2 is 2.04 bits per heavy atom. The van der Waals surface area contributed by atoms with E-state index in [2.05, 4.69) is 10.4 Å². The van der Waals surface area contributed by atoms with Gasteiger partial charge in [-0.3, -0.25) is 4.79 Å². The molecule has 3 rings (SSSR count). The third-order valence-electron chi connectivity index (χ3n) is 4.16. The zero-order valence-electron chi connectivity index (χ0n) is 13.3. The lowest BCUT2D eigenvalue weighted by Gasteiger charge is -2.32. The van der Waals surface area contributed by atoms with Gasteiger partial charge in [-0.2, -0.15) is 9.36 Å². The molecule has 0 N–H and O–H groups in total. The van der Waals surface area contributed by atoms with Gasteiger partial charge in [-0.1, -0.05) is 25.1 Å². The quantitative estimate of drug-likeness (QED) is 0.855. The van der Waals surface area contributed by atoms with Crippen LogP contribution in [0.5, 0.6) is 0 Å². The minimum absolute atomic E-state index is 0.102. The summed E-state index contributed by atoms with van der Waals surface area (Å²) in [5.74, 6) is 0.153. The molecule has 23 heavy (non-hydrogen) atoms. The molecule has 7 heteroatoms. The second-order valence-corrected chi connectivity index (χ2v) is 5.84. The van der Waals surface area contributed by atoms with Gasteiger partial charge in [0.1, 0.15) is 0 Å². The summed E-state index contributed by atoms with van der Waals surface area (Å²) in [7, 11) is 0. The van der Waals surface area contributed by atoms with Crippen LogP contribution < -0.4 is 5.69 Å². The summed E-state index contributed by atoms with van der Waals surface area (Å²) < 4.78 is 2.71. The van der Waals surface area contributed by atoms with Crippen molar-refractivity contribution in [2.75, 3.05) is 13.1 Å². The van der Waals surface area contributed by atoms with E-state index < -0.39 is 0 Å². The summed E-state index contributed by atoms with van der Waals surface area (Å²) in [6.45, 7) is 3.29. The first-order valence-electron chi connectivity index (χ1n) is 8.08. The van der Waals surface area contributed by atoms with Crippen LogP contribution in [0.25, 0.3) is 5.69 Å². The molecule has 7 nitrogen and oxygen atoms in total. The van der Waals surface area contributed by atoms with Crippen LogP contribution >= 0.6 is 0 Å². The summed E-state index contributed by atoms with van der Waals surface area (Å²) in [5.41, 5.74) is 0.435. The molecule has 1 aromatic carbocycles. The average Bonchev–Trinajstić information content (AvgIpc) is 2.97. The predicted molar refractivity (Wildman–Crippen MR) is 85.4 cm³/mol. The summed E-state index contributed by atoms with van der Waals surface area (Å²) in [5, 5.41) is 8.02. The molecule has 0 aliphatic carbocycles. The van der Waals surface area contributed by atoms with Crippen LogP contribution in [0.15, 0.2) is 35.1 Å². The topological polar surface area (TPSA) is 73.0 Å². The molecule has 0 saturated carbocycles. The number of piperidine rings is 1. The highest BCUT2D eigenvalue weighted by molar-refractivity contribution is 5.76. The minimum Gasteiger partial charge on any atom is -0.341 e. The van der Waals surface area contributed by atoms with Gasteiger partial charge in [-0.05, 0) is 41.8 Å². The van der Waals surface area contributed by atoms with Crippen LogP contribution in [-0.2, 0) is 4.79 Å². The van der Waals surface area contributed by atoms with Gasteiger partial charge in [0.25, 0.3) is 0 Å². The molecule has 2 heterocycles. The first-order valence-corrected chi connectivity index (χ1v) is 8.08. The lowest BCUT2D eigenvalue weighted by atomic mass is 10.1. The summed E-state index contributed by atoms with van der Waals surface area (Å²) >= 11 is 0. The van der Waals surface area contributed by atoms with Gasteiger partial charge in [-0.15, -0.1) is 0 Å². The second kappa shape index (κ2) is 6.76. The Labute approximate surface area is 134 Å². The van der Waals surface area contributed by atoms with E-state index in [1.165, 1.54) is 9.36 Å². The minimum atomic E-state index is -0.258. The second-order valence-electron chi connectivity index (χ2n) is 5.84. The van der Waals surface area contributed by atoms with Crippen molar-refractivity contribution >= 4 is 5.91 Å². The Morgan fingerprint density at radius 3 is 2.78 bits per heavy atom. The van der Waals surface area contributed by atoms with Crippen LogP contribution in [0.3, 0.4) is 0 Å². The van der Waals surface area contributed by atoms with Crippen molar-refractivity contribution < 1.29 is 4.79 Å². The van der Waals surface area contributed by atoms with Gasteiger partial charge in [0, 0.05) is 19.5 Å². The van der Waals surface area contributed by atoms with E-state index in [1.54, 1.807) is 0 Å². The Kier molecular flexibility index (Phi) is 4.55. The molecule has 1 aliphatic heterocycles. The molecular weight excluding hydrogens is 294 g/mol. The molecule has 2 aromatic rings. The number of hydrogen-bond acceptors (Lipinski definition) is 4. The van der Waals surface area contributed by atoms with Crippen molar-refractivity contribution in [1.82, 2.24) is 24.7 Å². The van der Waals surface area contributed by atoms with Gasteiger partial charge in [-0.25, -0.2) is 4.79 Å². The highest BCUT2D eigenvalue weighted by Crippen LogP contribution is 2.20. The number of aromatic nitrogens is 4. The number of nitrogens with zero attached hydrogens (tertiary/aromatic N) is 5. The number of benzene rings is 1. The molecule has 0 spiro atoms. The maximum atomic E-state index is 12.6. The molecule has 1 atom stereocenters. The molecule has 1 aliphatic rings. The lowest BCUT2D eigenvalue weighted by Crippen LogP contribution is -2.43. The summed E-state index contributed by atoms with van der Waals surface area (Å²) in [4.78, 5) is 26.5. The normalized spacial score (nSPS) is 18.1. The number of carbonyl (C=O) groups excluding carboxylic acids is 1. The maximum Gasteiger partial charge on any atom is 0.368 e. The van der Waals surface area contributed by atoms with Crippen molar-refractivity contribution in [2.24, 2.45) is 0 Å². The van der Waals surface area contributed by atoms with Gasteiger partial charge in [0.2, 0.25) is 5.91 Å². The average molecular weight is 315 g/mol. The standard InChI is InChI=1S/C16H21N5O2/c1-2-7-15(22)19-11-6-10-14(12-19)21-16(23)20(17-18-21)13-8-4-3-5-9-13/h3-5,8-9,14H,2,6-7,10-12H2,1H3/t14-/m0/s1. The molecule has 1 amide bonds. The maximum absolute atomic E-state index is 12.6. The van der Waals surface area contributed by atoms with Gasteiger partial charge in [0.05, 0.1) is 11.7 Å². The first kappa shape index (κ1) is 15.5. The van der Waals surface area contributed by atoms with Crippen molar-refractivity contribution in [3.8, 4) is 5.69 Å². The molecule has 0 radical (unpaired) electrons. The van der Waals surface area contributed by atoms with E-state index in [9.17, 15) is 9.59 Å². The van der Waals surface area contributed by atoms with Crippen LogP contribution in [0.4, 0.5) is 0 Å². The van der Waals surface area contributed by atoms with E-state index in [0.717, 1.165) is 25.8 Å². The SMILES string of the molecule is CCCC(=O)N1CCC[C@H](n2nnn(-c3ccccc3)c2=O)C1. The van der Waals surface area contributed by atoms with Crippen molar-refractivity contribution in [3.63, 3.8) is 0 Å². The number of amides is 1. The van der Waals surface area contributed by atoms with Crippen molar-refractivity contribution in [2.45, 2.75) is 38.6 Å². The van der Waals surface area contributed by atoms with Gasteiger partial charge in [0.15, 0.2) is 0 Å². The fourth-order valence-corrected chi connectivity index (χ4v) is 2.97. The molecule has 1 aromatic heterocycles. The Hall–Kier alpha value is -2.44. The Balaban J connectivity index is 1.81. The largest absolute Gasteiger partial charge is 0.368 e. The lowest BCUT2D eigenvalue weighted by molar-refractivity contribution is -0.132. The summed E-state index contributed by atoms with van der Waals surface area (Å²) in [6.07, 6.45) is 3.11. The van der Waals surface area contributed by atoms with E-state index >= 15 is 0 Å². The fourth-order valence-electron chi connectivity index (χ4n) is 2.97. The number of likely N-dealkylation sites (tertiary alicyclic amines) is 1. The molecule has 0 bridgehead atoms. The number of carbonyl (C=O) groups is 1. The van der Waals surface area contributed by atoms with Crippen LogP contribution in [0.1, 0.15) is 38.6 Å². The van der Waals surface area contributed by atoms with Crippen LogP contribution in [-0.4, -0.2) is 43.7 Å². The smallest absolute Gasteiger partial charge is 0.341 e. The monoisotopic (exact) mass is 315 g/mol. The Morgan fingerprint density at radius 1 is 1.26 bits per heavy atom. The number of rotatable bonds is 4. The zero-order valence-corrected chi connectivity index (χ0v) is 13.3. The number of para-hydroxylation sites is 1. The first-order chi connectivity index (χ1) is 11.2. The highest BCUT2D eigenvalue weighted by Gasteiger charge is 2.27. The molecule has 0 unspecified atom stereocenters. The van der Waals surface area contributed by atoms with Crippen molar-refractivity contribution in [1.29, 1.82) is 0 Å². The highest BCUT2D eigenvalue weighted by atomic mass is 16.2. The van der Waals surface area contributed by atoms with Crippen molar-refractivity contribution in [3.05, 3.63) is 40.8 Å². The zero-order chi connectivity index (χ0) is 16.2. The van der Waals surface area contributed by atoms with Crippen LogP contribution in [0, 0.1) is 0 Å². The molecule has 122 valence electrons. The molecule has 1 fully saturated rings. The van der Waals surface area contributed by atoms with Gasteiger partial charge < -0.3 is 4.90 Å². The van der Waals surface area contributed by atoms with E-state index in [0.29, 0.717) is 18.7 Å². The number of hydrogen-bond donors (Lipinski definition) is 0. The fraction of sp³-hybridized carbons (Fsp3) is 0.500. The van der Waals surface area contributed by atoms with Gasteiger partial charge >= 0.3 is 5.69 Å². The Bertz CT molecular complexity index is 722. The summed E-state index contributed by atoms with van der Waals surface area (Å²) in [6, 6.07) is 9.13. The molecular formula is C16H21N5O2. The van der Waals surface area contributed by atoms with E-state index in [-0.39, 0.29) is 17.6 Å².